The van der Waals surface area contributed by atoms with Gasteiger partial charge in [-0.2, -0.15) is 5.26 Å². The molecule has 0 heterocycles. The van der Waals surface area contributed by atoms with Gasteiger partial charge >= 0.3 is 0 Å². The Balaban J connectivity index is 2.01. The zero-order valence-electron chi connectivity index (χ0n) is 13.5. The largest absolute Gasteiger partial charge is 0.297 e. The average Bonchev–Trinajstić information content (AvgIpc) is 3.23. The third-order valence-electron chi connectivity index (χ3n) is 4.76. The predicted octanol–water partition coefficient (Wildman–Crippen LogP) is 3.45. The standard InChI is InChI=1S/C17H31N3/c1-4-5-11-20(15-8-9-15)16-7-6-10-17(12-16,13-18)19-14(2)3/h14-16,19H,4-12H2,1-3H3. The normalized spacial score (nSPS) is 30.7. The van der Waals surface area contributed by atoms with Crippen LogP contribution in [-0.4, -0.2) is 35.1 Å². The minimum absolute atomic E-state index is 0.281. The molecule has 0 aromatic rings. The van der Waals surface area contributed by atoms with Crippen molar-refractivity contribution in [2.45, 2.75) is 95.8 Å². The Morgan fingerprint density at radius 1 is 1.30 bits per heavy atom. The van der Waals surface area contributed by atoms with E-state index in [-0.39, 0.29) is 5.54 Å². The molecule has 2 rings (SSSR count). The van der Waals surface area contributed by atoms with E-state index in [2.05, 4.69) is 37.1 Å². The van der Waals surface area contributed by atoms with Crippen LogP contribution < -0.4 is 5.32 Å². The number of nitrogens with zero attached hydrogens (tertiary/aromatic N) is 2. The maximum Gasteiger partial charge on any atom is 0.108 e. The molecule has 2 aliphatic carbocycles. The first-order valence-electron chi connectivity index (χ1n) is 8.55. The van der Waals surface area contributed by atoms with Crippen molar-refractivity contribution >= 4 is 0 Å². The molecule has 2 unspecified atom stereocenters. The van der Waals surface area contributed by atoms with Gasteiger partial charge in [0.05, 0.1) is 6.07 Å². The van der Waals surface area contributed by atoms with Crippen LogP contribution >= 0.6 is 0 Å². The summed E-state index contributed by atoms with van der Waals surface area (Å²) in [6, 6.07) is 4.44. The fraction of sp³-hybridized carbons (Fsp3) is 0.941. The van der Waals surface area contributed by atoms with Gasteiger partial charge in [0.15, 0.2) is 0 Å². The third-order valence-corrected chi connectivity index (χ3v) is 4.76. The molecule has 20 heavy (non-hydrogen) atoms. The Kier molecular flexibility index (Phi) is 5.46. The fourth-order valence-corrected chi connectivity index (χ4v) is 3.76. The van der Waals surface area contributed by atoms with Gasteiger partial charge in [0.25, 0.3) is 0 Å². The van der Waals surface area contributed by atoms with E-state index in [1.807, 2.05) is 0 Å². The molecule has 3 nitrogen and oxygen atoms in total. The Labute approximate surface area is 124 Å². The quantitative estimate of drug-likeness (QED) is 0.774. The first kappa shape index (κ1) is 15.8. The second-order valence-electron chi connectivity index (χ2n) is 7.07. The van der Waals surface area contributed by atoms with Crippen molar-refractivity contribution < 1.29 is 0 Å². The molecule has 0 spiro atoms. The van der Waals surface area contributed by atoms with E-state index in [0.29, 0.717) is 12.1 Å². The van der Waals surface area contributed by atoms with Crippen molar-refractivity contribution in [3.8, 4) is 6.07 Å². The van der Waals surface area contributed by atoms with Gasteiger partial charge < -0.3 is 0 Å². The van der Waals surface area contributed by atoms with Crippen molar-refractivity contribution in [3.05, 3.63) is 0 Å². The molecule has 0 saturated heterocycles. The lowest BCUT2D eigenvalue weighted by Crippen LogP contribution is -2.55. The maximum atomic E-state index is 9.69. The third kappa shape index (κ3) is 3.96. The van der Waals surface area contributed by atoms with Gasteiger partial charge in [-0.25, -0.2) is 0 Å². The first-order chi connectivity index (χ1) is 9.60. The lowest BCUT2D eigenvalue weighted by Gasteiger charge is -2.42. The smallest absolute Gasteiger partial charge is 0.108 e. The highest BCUT2D eigenvalue weighted by Crippen LogP contribution is 2.37. The van der Waals surface area contributed by atoms with Gasteiger partial charge in [0, 0.05) is 18.1 Å². The first-order valence-corrected chi connectivity index (χ1v) is 8.55. The number of nitriles is 1. The summed E-state index contributed by atoms with van der Waals surface area (Å²) >= 11 is 0. The van der Waals surface area contributed by atoms with E-state index in [1.165, 1.54) is 45.1 Å². The topological polar surface area (TPSA) is 39.1 Å². The Morgan fingerprint density at radius 3 is 2.60 bits per heavy atom. The molecular weight excluding hydrogens is 246 g/mol. The molecule has 2 atom stereocenters. The van der Waals surface area contributed by atoms with E-state index >= 15 is 0 Å². The van der Waals surface area contributed by atoms with Crippen LogP contribution in [0.2, 0.25) is 0 Å². The highest BCUT2D eigenvalue weighted by Gasteiger charge is 2.42. The summed E-state index contributed by atoms with van der Waals surface area (Å²) in [5.74, 6) is 0. The average molecular weight is 277 g/mol. The summed E-state index contributed by atoms with van der Waals surface area (Å²) in [7, 11) is 0. The second-order valence-corrected chi connectivity index (χ2v) is 7.07. The molecule has 0 amide bonds. The van der Waals surface area contributed by atoms with E-state index in [1.54, 1.807) is 0 Å². The maximum absolute atomic E-state index is 9.69. The molecule has 0 aliphatic heterocycles. The lowest BCUT2D eigenvalue weighted by molar-refractivity contribution is 0.108. The summed E-state index contributed by atoms with van der Waals surface area (Å²) < 4.78 is 0. The zero-order chi connectivity index (χ0) is 14.6. The van der Waals surface area contributed by atoms with E-state index < -0.39 is 0 Å². The van der Waals surface area contributed by atoms with Crippen molar-refractivity contribution in [3.63, 3.8) is 0 Å². The minimum atomic E-state index is -0.281. The van der Waals surface area contributed by atoms with Crippen LogP contribution in [-0.2, 0) is 0 Å². The number of unbranched alkanes of at least 4 members (excludes halogenated alkanes) is 1. The fourth-order valence-electron chi connectivity index (χ4n) is 3.76. The van der Waals surface area contributed by atoms with Crippen molar-refractivity contribution in [2.24, 2.45) is 0 Å². The molecule has 0 radical (unpaired) electrons. The van der Waals surface area contributed by atoms with Gasteiger partial charge in [0.1, 0.15) is 5.54 Å². The number of nitrogens with one attached hydrogen (secondary N) is 1. The molecule has 2 aliphatic rings. The summed E-state index contributed by atoms with van der Waals surface area (Å²) in [5, 5.41) is 13.2. The summed E-state index contributed by atoms with van der Waals surface area (Å²) in [6.07, 6.45) is 9.81. The zero-order valence-corrected chi connectivity index (χ0v) is 13.5. The van der Waals surface area contributed by atoms with Gasteiger partial charge in [-0.3, -0.25) is 10.2 Å². The van der Waals surface area contributed by atoms with Crippen LogP contribution in [0, 0.1) is 11.3 Å². The van der Waals surface area contributed by atoms with E-state index in [0.717, 1.165) is 18.9 Å². The second kappa shape index (κ2) is 6.91. The molecule has 1 N–H and O–H groups in total. The predicted molar refractivity (Wildman–Crippen MR) is 83.5 cm³/mol. The molecule has 2 saturated carbocycles. The Bertz CT molecular complexity index is 343. The van der Waals surface area contributed by atoms with Crippen molar-refractivity contribution in [1.29, 1.82) is 5.26 Å². The van der Waals surface area contributed by atoms with Crippen molar-refractivity contribution in [1.82, 2.24) is 10.2 Å². The van der Waals surface area contributed by atoms with Gasteiger partial charge in [-0.1, -0.05) is 13.3 Å². The molecule has 0 aromatic carbocycles. The van der Waals surface area contributed by atoms with E-state index in [4.69, 9.17) is 0 Å². The highest BCUT2D eigenvalue weighted by molar-refractivity contribution is 5.12. The SMILES string of the molecule is CCCCN(C1CC1)C1CCCC(C#N)(NC(C)C)C1. The Morgan fingerprint density at radius 2 is 2.05 bits per heavy atom. The molecule has 114 valence electrons. The highest BCUT2D eigenvalue weighted by atomic mass is 15.2. The molecule has 2 fully saturated rings. The van der Waals surface area contributed by atoms with Gasteiger partial charge in [-0.05, 0) is 65.3 Å². The summed E-state index contributed by atoms with van der Waals surface area (Å²) in [5.41, 5.74) is -0.281. The molecule has 3 heteroatoms. The van der Waals surface area contributed by atoms with Crippen LogP contribution in [0.15, 0.2) is 0 Å². The van der Waals surface area contributed by atoms with Crippen LogP contribution in [0.1, 0.15) is 72.1 Å². The van der Waals surface area contributed by atoms with Gasteiger partial charge in [-0.15, -0.1) is 0 Å². The minimum Gasteiger partial charge on any atom is -0.297 e. The lowest BCUT2D eigenvalue weighted by atomic mass is 9.78. The van der Waals surface area contributed by atoms with Crippen molar-refractivity contribution in [2.75, 3.05) is 6.54 Å². The number of hydrogen-bond donors (Lipinski definition) is 1. The van der Waals surface area contributed by atoms with Crippen LogP contribution in [0.5, 0.6) is 0 Å². The van der Waals surface area contributed by atoms with Crippen LogP contribution in [0.4, 0.5) is 0 Å². The van der Waals surface area contributed by atoms with E-state index in [9.17, 15) is 5.26 Å². The van der Waals surface area contributed by atoms with Gasteiger partial charge in [0.2, 0.25) is 0 Å². The van der Waals surface area contributed by atoms with Crippen LogP contribution in [0.25, 0.3) is 0 Å². The number of hydrogen-bond acceptors (Lipinski definition) is 3. The molecule has 0 bridgehead atoms. The van der Waals surface area contributed by atoms with Crippen LogP contribution in [0.3, 0.4) is 0 Å². The molecule has 0 aromatic heterocycles. The summed E-state index contributed by atoms with van der Waals surface area (Å²) in [4.78, 5) is 2.73. The Hall–Kier alpha value is -0.590. The number of rotatable bonds is 7. The monoisotopic (exact) mass is 277 g/mol. The molecular formula is C17H31N3. The summed E-state index contributed by atoms with van der Waals surface area (Å²) in [6.45, 7) is 7.80.